The van der Waals surface area contributed by atoms with Crippen molar-refractivity contribution in [3.8, 4) is 0 Å². The highest BCUT2D eigenvalue weighted by molar-refractivity contribution is 7.15. The van der Waals surface area contributed by atoms with Gasteiger partial charge in [-0.15, -0.1) is 11.3 Å². The van der Waals surface area contributed by atoms with E-state index < -0.39 is 0 Å². The van der Waals surface area contributed by atoms with Crippen molar-refractivity contribution in [3.05, 3.63) is 28.1 Å². The Morgan fingerprint density at radius 3 is 2.71 bits per heavy atom. The molecule has 8 heteroatoms. The first-order valence-corrected chi connectivity index (χ1v) is 12.4. The number of aryl methyl sites for hydroxylation is 1. The smallest absolute Gasteiger partial charge is 0.296 e. The maximum Gasteiger partial charge on any atom is 0.296 e. The minimum atomic E-state index is -0.299. The molecular formula is C23H30N4O3S. The molecule has 0 spiro atoms. The lowest BCUT2D eigenvalue weighted by molar-refractivity contribution is -0.136. The van der Waals surface area contributed by atoms with Gasteiger partial charge in [0.1, 0.15) is 0 Å². The van der Waals surface area contributed by atoms with Crippen molar-refractivity contribution in [1.82, 2.24) is 15.0 Å². The topological polar surface area (TPSA) is 88.3 Å². The zero-order valence-corrected chi connectivity index (χ0v) is 18.9. The molecule has 0 bridgehead atoms. The molecule has 0 unspecified atom stereocenters. The standard InChI is InChI=1S/C23H30N4O3S/c1-14-6-7-17-20(12-14)31-23(24-17)25-21(28)19-13-18(26-30-19)15-8-10-27(11-9-15)22(29)16-4-2-3-5-16/h13-16H,2-12H2,1H3,(H,24,25,28)/t14-/m0/s1. The van der Waals surface area contributed by atoms with Gasteiger partial charge in [-0.2, -0.15) is 0 Å². The highest BCUT2D eigenvalue weighted by atomic mass is 32.1. The molecule has 3 aliphatic rings. The molecule has 1 atom stereocenters. The second kappa shape index (κ2) is 8.73. The van der Waals surface area contributed by atoms with Crippen LogP contribution in [0.3, 0.4) is 0 Å². The SMILES string of the molecule is C[C@H]1CCc2nc(NC(=O)c3cc(C4CCN(C(=O)C5CCCC5)CC4)no3)sc2C1. The summed E-state index contributed by atoms with van der Waals surface area (Å²) in [5, 5.41) is 7.69. The summed E-state index contributed by atoms with van der Waals surface area (Å²) in [5.74, 6) is 1.39. The van der Waals surface area contributed by atoms with Gasteiger partial charge in [-0.25, -0.2) is 4.98 Å². The van der Waals surface area contributed by atoms with E-state index in [4.69, 9.17) is 4.52 Å². The molecule has 1 aliphatic heterocycles. The van der Waals surface area contributed by atoms with Crippen molar-refractivity contribution in [2.45, 2.75) is 70.6 Å². The second-order valence-electron chi connectivity index (χ2n) is 9.39. The van der Waals surface area contributed by atoms with Gasteiger partial charge in [-0.3, -0.25) is 14.9 Å². The lowest BCUT2D eigenvalue weighted by atomic mass is 9.92. The Morgan fingerprint density at radius 1 is 1.16 bits per heavy atom. The van der Waals surface area contributed by atoms with Crippen LogP contribution in [0.4, 0.5) is 5.13 Å². The Bertz CT molecular complexity index is 954. The maximum atomic E-state index is 12.6. The summed E-state index contributed by atoms with van der Waals surface area (Å²) in [6.07, 6.45) is 9.35. The van der Waals surface area contributed by atoms with E-state index in [-0.39, 0.29) is 23.5 Å². The van der Waals surface area contributed by atoms with E-state index in [1.54, 1.807) is 17.4 Å². The molecule has 0 aromatic carbocycles. The molecule has 2 aromatic rings. The molecule has 2 aliphatic carbocycles. The highest BCUT2D eigenvalue weighted by Gasteiger charge is 2.31. The van der Waals surface area contributed by atoms with Crippen LogP contribution in [0.25, 0.3) is 0 Å². The average molecular weight is 443 g/mol. The molecule has 0 radical (unpaired) electrons. The number of rotatable bonds is 4. The number of hydrogen-bond acceptors (Lipinski definition) is 6. The Morgan fingerprint density at radius 2 is 1.94 bits per heavy atom. The molecule has 7 nitrogen and oxygen atoms in total. The van der Waals surface area contributed by atoms with Gasteiger partial charge >= 0.3 is 0 Å². The van der Waals surface area contributed by atoms with Crippen LogP contribution in [0.15, 0.2) is 10.6 Å². The van der Waals surface area contributed by atoms with E-state index in [2.05, 4.69) is 22.4 Å². The summed E-state index contributed by atoms with van der Waals surface area (Å²) < 4.78 is 5.36. The third-order valence-corrected chi connectivity index (χ3v) is 8.12. The Hall–Kier alpha value is -2.22. The predicted molar refractivity (Wildman–Crippen MR) is 118 cm³/mol. The number of thiazole rings is 1. The number of anilines is 1. The molecule has 2 amide bonds. The lowest BCUT2D eigenvalue weighted by Crippen LogP contribution is -2.40. The lowest BCUT2D eigenvalue weighted by Gasteiger charge is -2.32. The van der Waals surface area contributed by atoms with Gasteiger partial charge in [0.05, 0.1) is 11.4 Å². The zero-order valence-electron chi connectivity index (χ0n) is 18.1. The quantitative estimate of drug-likeness (QED) is 0.758. The summed E-state index contributed by atoms with van der Waals surface area (Å²) in [6, 6.07) is 1.75. The zero-order chi connectivity index (χ0) is 21.4. The van der Waals surface area contributed by atoms with Crippen LogP contribution in [0, 0.1) is 11.8 Å². The number of piperidine rings is 1. The summed E-state index contributed by atoms with van der Waals surface area (Å²) in [5.41, 5.74) is 1.93. The summed E-state index contributed by atoms with van der Waals surface area (Å²) in [7, 11) is 0. The van der Waals surface area contributed by atoms with E-state index in [0.29, 0.717) is 17.0 Å². The first kappa shape index (κ1) is 20.7. The van der Waals surface area contributed by atoms with Gasteiger partial charge < -0.3 is 9.42 Å². The van der Waals surface area contributed by atoms with E-state index in [9.17, 15) is 9.59 Å². The monoisotopic (exact) mass is 442 g/mol. The molecule has 1 N–H and O–H groups in total. The van der Waals surface area contributed by atoms with Crippen molar-refractivity contribution < 1.29 is 14.1 Å². The second-order valence-corrected chi connectivity index (χ2v) is 10.5. The van der Waals surface area contributed by atoms with E-state index in [1.165, 1.54) is 17.7 Å². The molecule has 31 heavy (non-hydrogen) atoms. The van der Waals surface area contributed by atoms with Crippen molar-refractivity contribution in [1.29, 1.82) is 0 Å². The van der Waals surface area contributed by atoms with Gasteiger partial charge in [0.15, 0.2) is 5.13 Å². The number of aromatic nitrogens is 2. The average Bonchev–Trinajstić information content (AvgIpc) is 3.53. The third-order valence-electron chi connectivity index (χ3n) is 7.09. The number of nitrogens with zero attached hydrogens (tertiary/aromatic N) is 3. The molecule has 3 heterocycles. The summed E-state index contributed by atoms with van der Waals surface area (Å²) in [4.78, 5) is 33.2. The first-order chi connectivity index (χ1) is 15.1. The normalized spacial score (nSPS) is 22.5. The van der Waals surface area contributed by atoms with E-state index >= 15 is 0 Å². The van der Waals surface area contributed by atoms with Crippen molar-refractivity contribution in [3.63, 3.8) is 0 Å². The fourth-order valence-corrected chi connectivity index (χ4v) is 6.33. The first-order valence-electron chi connectivity index (χ1n) is 11.6. The van der Waals surface area contributed by atoms with Gasteiger partial charge in [-0.05, 0) is 50.9 Å². The van der Waals surface area contributed by atoms with Gasteiger partial charge in [0.2, 0.25) is 11.7 Å². The van der Waals surface area contributed by atoms with Gasteiger partial charge in [-0.1, -0.05) is 24.9 Å². The number of likely N-dealkylation sites (tertiary alicyclic amines) is 1. The molecule has 2 aromatic heterocycles. The minimum absolute atomic E-state index is 0.223. The third kappa shape index (κ3) is 4.40. The number of fused-ring (bicyclic) bond motifs is 1. The highest BCUT2D eigenvalue weighted by Crippen LogP contribution is 2.33. The summed E-state index contributed by atoms with van der Waals surface area (Å²) in [6.45, 7) is 3.78. The fraction of sp³-hybridized carbons (Fsp3) is 0.652. The molecule has 1 saturated carbocycles. The van der Waals surface area contributed by atoms with E-state index in [1.807, 2.05) is 4.90 Å². The number of amides is 2. The Balaban J connectivity index is 1.17. The van der Waals surface area contributed by atoms with Gasteiger partial charge in [0.25, 0.3) is 5.91 Å². The number of carbonyl (C=O) groups excluding carboxylic acids is 2. The van der Waals surface area contributed by atoms with E-state index in [0.717, 1.165) is 69.4 Å². The number of hydrogen-bond donors (Lipinski definition) is 1. The van der Waals surface area contributed by atoms with Crippen LogP contribution in [0.1, 0.15) is 84.6 Å². The van der Waals surface area contributed by atoms with Crippen molar-refractivity contribution in [2.24, 2.45) is 11.8 Å². The maximum absolute atomic E-state index is 12.6. The minimum Gasteiger partial charge on any atom is -0.351 e. The van der Waals surface area contributed by atoms with Crippen LogP contribution < -0.4 is 5.32 Å². The molecule has 166 valence electrons. The van der Waals surface area contributed by atoms with Crippen LogP contribution in [-0.2, 0) is 17.6 Å². The predicted octanol–water partition coefficient (Wildman–Crippen LogP) is 4.40. The summed E-state index contributed by atoms with van der Waals surface area (Å²) >= 11 is 1.57. The molecule has 5 rings (SSSR count). The Kier molecular flexibility index (Phi) is 5.82. The van der Waals surface area contributed by atoms with Crippen molar-refractivity contribution in [2.75, 3.05) is 18.4 Å². The van der Waals surface area contributed by atoms with Crippen molar-refractivity contribution >= 4 is 28.3 Å². The van der Waals surface area contributed by atoms with Gasteiger partial charge in [0, 0.05) is 35.9 Å². The number of carbonyl (C=O) groups is 2. The number of nitrogens with one attached hydrogen (secondary N) is 1. The largest absolute Gasteiger partial charge is 0.351 e. The van der Waals surface area contributed by atoms with Crippen LogP contribution in [0.2, 0.25) is 0 Å². The molecule has 1 saturated heterocycles. The molecule has 2 fully saturated rings. The van der Waals surface area contributed by atoms with Crippen LogP contribution in [0.5, 0.6) is 0 Å². The molecular weight excluding hydrogens is 412 g/mol. The fourth-order valence-electron chi connectivity index (χ4n) is 5.17. The Labute approximate surface area is 186 Å². The van der Waals surface area contributed by atoms with Crippen LogP contribution >= 0.6 is 11.3 Å². The van der Waals surface area contributed by atoms with Crippen LogP contribution in [-0.4, -0.2) is 39.9 Å².